The number of hydrogen-bond acceptors (Lipinski definition) is 4. The highest BCUT2D eigenvalue weighted by Gasteiger charge is 2.40. The van der Waals surface area contributed by atoms with Crippen LogP contribution in [0.1, 0.15) is 96.0 Å². The monoisotopic (exact) mass is 502 g/mol. The molecule has 0 saturated heterocycles. The van der Waals surface area contributed by atoms with Crippen LogP contribution in [0.5, 0.6) is 5.75 Å². The molecule has 0 fully saturated rings. The predicted octanol–water partition coefficient (Wildman–Crippen LogP) is 7.11. The smallest absolute Gasteiger partial charge is 0.308 e. The molecule has 2 aromatic carbocycles. The molecule has 5 heteroatoms. The molecule has 0 bridgehead atoms. The topological polar surface area (TPSA) is 63.6 Å². The highest BCUT2D eigenvalue weighted by Crippen LogP contribution is 2.42. The van der Waals surface area contributed by atoms with Gasteiger partial charge in [-0.2, -0.15) is 8.42 Å². The Bertz CT molecular complexity index is 1120. The van der Waals surface area contributed by atoms with Crippen molar-refractivity contribution in [3.63, 3.8) is 0 Å². The van der Waals surface area contributed by atoms with Gasteiger partial charge in [0.15, 0.2) is 0 Å². The van der Waals surface area contributed by atoms with Gasteiger partial charge in [-0.25, -0.2) is 0 Å². The lowest BCUT2D eigenvalue weighted by Gasteiger charge is -2.42. The predicted molar refractivity (Wildman–Crippen MR) is 147 cm³/mol. The lowest BCUT2D eigenvalue weighted by Crippen LogP contribution is -2.46. The average molecular weight is 503 g/mol. The zero-order chi connectivity index (χ0) is 26.8. The van der Waals surface area contributed by atoms with Gasteiger partial charge in [-0.3, -0.25) is 0 Å². The summed E-state index contributed by atoms with van der Waals surface area (Å²) in [7, 11) is -3.56. The molecule has 35 heavy (non-hydrogen) atoms. The summed E-state index contributed by atoms with van der Waals surface area (Å²) in [6, 6.07) is 12.6. The van der Waals surface area contributed by atoms with E-state index in [-0.39, 0.29) is 22.5 Å². The molecule has 2 atom stereocenters. The van der Waals surface area contributed by atoms with E-state index in [0.29, 0.717) is 5.75 Å². The van der Waals surface area contributed by atoms with Crippen molar-refractivity contribution in [2.45, 2.75) is 99.5 Å². The highest BCUT2D eigenvalue weighted by molar-refractivity contribution is 7.87. The van der Waals surface area contributed by atoms with Crippen LogP contribution in [0.2, 0.25) is 0 Å². The third kappa shape index (κ3) is 6.11. The van der Waals surface area contributed by atoms with Crippen LogP contribution >= 0.6 is 0 Å². The number of benzene rings is 2. The van der Waals surface area contributed by atoms with Crippen LogP contribution in [-0.2, 0) is 22.0 Å². The van der Waals surface area contributed by atoms with E-state index >= 15 is 0 Å². The van der Waals surface area contributed by atoms with Crippen LogP contribution in [-0.4, -0.2) is 24.9 Å². The van der Waals surface area contributed by atoms with Gasteiger partial charge in [0.1, 0.15) is 5.75 Å². The molecule has 0 spiro atoms. The fraction of sp³-hybridized carbons (Fsp3) is 0.600. The Hall–Kier alpha value is -1.85. The summed E-state index contributed by atoms with van der Waals surface area (Å²) in [6.07, 6.45) is 2.66. The Morgan fingerprint density at radius 2 is 1.40 bits per heavy atom. The standard InChI is InChI=1S/C30H46O4S/c1-11-30(12-2,26-16-17-27(22(5)19-26)34-35(32,33)13-3)25-15-14-24(21(4)18-25)20-23(6)29(10,31)28(7,8)9/h14-19,23,31H,11-13,20H2,1-10H3. The third-order valence-electron chi connectivity index (χ3n) is 8.40. The van der Waals surface area contributed by atoms with E-state index in [2.05, 4.69) is 72.7 Å². The van der Waals surface area contributed by atoms with Crippen molar-refractivity contribution < 1.29 is 17.7 Å². The van der Waals surface area contributed by atoms with Gasteiger partial charge in [-0.05, 0) is 92.2 Å². The summed E-state index contributed by atoms with van der Waals surface area (Å²) < 4.78 is 29.2. The van der Waals surface area contributed by atoms with Gasteiger partial charge in [0.25, 0.3) is 0 Å². The zero-order valence-electron chi connectivity index (χ0n) is 23.5. The van der Waals surface area contributed by atoms with Crippen LogP contribution < -0.4 is 4.18 Å². The zero-order valence-corrected chi connectivity index (χ0v) is 24.3. The van der Waals surface area contributed by atoms with Crippen LogP contribution in [0, 0.1) is 25.2 Å². The molecule has 0 aliphatic heterocycles. The molecule has 2 unspecified atom stereocenters. The van der Waals surface area contributed by atoms with E-state index in [4.69, 9.17) is 4.18 Å². The van der Waals surface area contributed by atoms with E-state index in [0.717, 1.165) is 30.4 Å². The average Bonchev–Trinajstić information content (AvgIpc) is 2.77. The summed E-state index contributed by atoms with van der Waals surface area (Å²) in [5.74, 6) is 0.448. The molecular weight excluding hydrogens is 456 g/mol. The second-order valence-electron chi connectivity index (χ2n) is 11.3. The fourth-order valence-electron chi connectivity index (χ4n) is 4.96. The second kappa shape index (κ2) is 10.6. The fourth-order valence-corrected chi connectivity index (χ4v) is 5.54. The molecule has 0 amide bonds. The normalized spacial score (nSPS) is 15.5. The Morgan fingerprint density at radius 3 is 1.83 bits per heavy atom. The molecule has 0 aliphatic carbocycles. The lowest BCUT2D eigenvalue weighted by atomic mass is 9.68. The Kier molecular flexibility index (Phi) is 8.93. The lowest BCUT2D eigenvalue weighted by molar-refractivity contribution is -0.0836. The van der Waals surface area contributed by atoms with E-state index in [1.165, 1.54) is 16.7 Å². The van der Waals surface area contributed by atoms with Crippen molar-refractivity contribution in [2.75, 3.05) is 5.75 Å². The van der Waals surface area contributed by atoms with E-state index in [1.54, 1.807) is 13.0 Å². The Balaban J connectivity index is 2.45. The van der Waals surface area contributed by atoms with Crippen LogP contribution in [0.4, 0.5) is 0 Å². The van der Waals surface area contributed by atoms with Gasteiger partial charge < -0.3 is 9.29 Å². The first-order valence-corrected chi connectivity index (χ1v) is 14.5. The largest absolute Gasteiger partial charge is 0.389 e. The molecule has 0 radical (unpaired) electrons. The van der Waals surface area contributed by atoms with Crippen LogP contribution in [0.3, 0.4) is 0 Å². The van der Waals surface area contributed by atoms with Gasteiger partial charge in [0, 0.05) is 5.41 Å². The number of aryl methyl sites for hydroxylation is 2. The van der Waals surface area contributed by atoms with E-state index < -0.39 is 15.7 Å². The first kappa shape index (κ1) is 29.4. The minimum atomic E-state index is -3.56. The molecule has 196 valence electrons. The quantitative estimate of drug-likeness (QED) is 0.352. The maximum absolute atomic E-state index is 12.0. The molecule has 4 nitrogen and oxygen atoms in total. The first-order chi connectivity index (χ1) is 16.0. The van der Waals surface area contributed by atoms with Crippen molar-refractivity contribution in [3.8, 4) is 5.75 Å². The molecule has 1 N–H and O–H groups in total. The molecule has 0 saturated carbocycles. The SMILES string of the molecule is CCC(CC)(c1ccc(CC(C)C(C)(O)C(C)(C)C)c(C)c1)c1ccc(OS(=O)(=O)CC)c(C)c1. The minimum Gasteiger partial charge on any atom is -0.389 e. The summed E-state index contributed by atoms with van der Waals surface area (Å²) in [4.78, 5) is 0. The summed E-state index contributed by atoms with van der Waals surface area (Å²) in [5.41, 5.74) is 4.57. The van der Waals surface area contributed by atoms with E-state index in [9.17, 15) is 13.5 Å². The summed E-state index contributed by atoms with van der Waals surface area (Å²) in [5, 5.41) is 11.2. The molecule has 2 aromatic rings. The number of aliphatic hydroxyl groups is 1. The van der Waals surface area contributed by atoms with Crippen molar-refractivity contribution in [2.24, 2.45) is 11.3 Å². The van der Waals surface area contributed by atoms with Gasteiger partial charge in [0.05, 0.1) is 11.4 Å². The minimum absolute atomic E-state index is 0.0581. The molecule has 0 aromatic heterocycles. The maximum Gasteiger partial charge on any atom is 0.308 e. The number of hydrogen-bond donors (Lipinski definition) is 1. The highest BCUT2D eigenvalue weighted by atomic mass is 32.2. The third-order valence-corrected chi connectivity index (χ3v) is 9.54. The second-order valence-corrected chi connectivity index (χ2v) is 13.2. The Labute approximate surface area is 214 Å². The van der Waals surface area contributed by atoms with Crippen molar-refractivity contribution in [1.82, 2.24) is 0 Å². The molecular formula is C30H46O4S. The number of rotatable bonds is 10. The summed E-state index contributed by atoms with van der Waals surface area (Å²) >= 11 is 0. The van der Waals surface area contributed by atoms with Crippen molar-refractivity contribution in [3.05, 3.63) is 64.2 Å². The maximum atomic E-state index is 12.0. The van der Waals surface area contributed by atoms with Crippen LogP contribution in [0.15, 0.2) is 36.4 Å². The van der Waals surface area contributed by atoms with Crippen molar-refractivity contribution in [1.29, 1.82) is 0 Å². The van der Waals surface area contributed by atoms with Gasteiger partial charge in [-0.1, -0.05) is 71.9 Å². The van der Waals surface area contributed by atoms with Gasteiger partial charge in [0.2, 0.25) is 0 Å². The van der Waals surface area contributed by atoms with Crippen LogP contribution in [0.25, 0.3) is 0 Å². The molecule has 2 rings (SSSR count). The van der Waals surface area contributed by atoms with Gasteiger partial charge in [-0.15, -0.1) is 0 Å². The molecule has 0 aliphatic rings. The van der Waals surface area contributed by atoms with Gasteiger partial charge >= 0.3 is 10.1 Å². The first-order valence-electron chi connectivity index (χ1n) is 12.9. The summed E-state index contributed by atoms with van der Waals surface area (Å²) in [6.45, 7) is 20.4. The molecule has 0 heterocycles. The van der Waals surface area contributed by atoms with E-state index in [1.807, 2.05) is 19.9 Å². The van der Waals surface area contributed by atoms with Crippen molar-refractivity contribution >= 4 is 10.1 Å². The Morgan fingerprint density at radius 1 is 0.886 bits per heavy atom.